The number of aromatic nitrogens is 4. The average molecular weight is 559 g/mol. The number of nitrogens with one attached hydrogen (secondary N) is 4. The fraction of sp³-hybridized carbons (Fsp3) is 0.265. The van der Waals surface area contributed by atoms with Crippen LogP contribution in [-0.2, 0) is 11.3 Å². The van der Waals surface area contributed by atoms with Gasteiger partial charge in [0.05, 0.1) is 24.0 Å². The van der Waals surface area contributed by atoms with Crippen molar-refractivity contribution in [1.82, 2.24) is 30.6 Å². The van der Waals surface area contributed by atoms with Crippen molar-refractivity contribution in [1.29, 1.82) is 0 Å². The van der Waals surface area contributed by atoms with E-state index in [9.17, 15) is 4.79 Å². The Morgan fingerprint density at radius 3 is 2.00 bits per heavy atom. The number of imidazole rings is 2. The van der Waals surface area contributed by atoms with E-state index in [0.717, 1.165) is 77.5 Å². The minimum atomic E-state index is -0.407. The molecule has 0 bridgehead atoms. The first-order valence-electron chi connectivity index (χ1n) is 14.7. The molecule has 2 aliphatic rings. The van der Waals surface area contributed by atoms with Crippen LogP contribution in [0.2, 0.25) is 0 Å². The van der Waals surface area contributed by atoms with Crippen LogP contribution in [0.15, 0.2) is 85.1 Å². The molecule has 42 heavy (non-hydrogen) atoms. The van der Waals surface area contributed by atoms with E-state index in [-0.39, 0.29) is 12.6 Å². The fourth-order valence-corrected chi connectivity index (χ4v) is 5.87. The van der Waals surface area contributed by atoms with Gasteiger partial charge in [0.25, 0.3) is 0 Å². The minimum Gasteiger partial charge on any atom is -0.456 e. The average Bonchev–Trinajstić information content (AvgIpc) is 3.87. The first-order chi connectivity index (χ1) is 20.7. The van der Waals surface area contributed by atoms with E-state index in [2.05, 4.69) is 62.0 Å². The van der Waals surface area contributed by atoms with E-state index in [1.807, 2.05) is 48.7 Å². The number of rotatable bonds is 8. The summed E-state index contributed by atoms with van der Waals surface area (Å²) in [5.41, 5.74) is 7.15. The van der Waals surface area contributed by atoms with Crippen molar-refractivity contribution in [2.45, 2.75) is 44.4 Å². The predicted molar refractivity (Wildman–Crippen MR) is 163 cm³/mol. The topological polar surface area (TPSA) is 108 Å². The third kappa shape index (κ3) is 5.51. The molecular weight excluding hydrogens is 524 g/mol. The van der Waals surface area contributed by atoms with Gasteiger partial charge in [-0.3, -0.25) is 0 Å². The van der Waals surface area contributed by atoms with Gasteiger partial charge in [0.15, 0.2) is 5.69 Å². The third-order valence-corrected chi connectivity index (χ3v) is 8.20. The number of aromatic amines is 2. The predicted octanol–water partition coefficient (Wildman–Crippen LogP) is 6.34. The van der Waals surface area contributed by atoms with Crippen molar-refractivity contribution in [3.8, 4) is 33.6 Å². The van der Waals surface area contributed by atoms with Gasteiger partial charge in [-0.1, -0.05) is 78.9 Å². The van der Waals surface area contributed by atoms with Crippen LogP contribution in [0.5, 0.6) is 0 Å². The molecule has 5 aromatic rings. The molecule has 0 amide bonds. The molecule has 2 saturated heterocycles. The number of hydrogen-bond acceptors (Lipinski definition) is 6. The van der Waals surface area contributed by atoms with E-state index in [1.54, 1.807) is 0 Å². The van der Waals surface area contributed by atoms with Crippen molar-refractivity contribution in [2.75, 3.05) is 13.1 Å². The van der Waals surface area contributed by atoms with E-state index in [4.69, 9.17) is 9.72 Å². The molecule has 0 spiro atoms. The van der Waals surface area contributed by atoms with Gasteiger partial charge >= 0.3 is 5.97 Å². The summed E-state index contributed by atoms with van der Waals surface area (Å²) in [6.07, 6.45) is 6.29. The number of carbonyl (C=O) groups excluding carboxylic acids is 1. The highest BCUT2D eigenvalue weighted by atomic mass is 16.5. The third-order valence-electron chi connectivity index (χ3n) is 8.20. The lowest BCUT2D eigenvalue weighted by atomic mass is 10.0. The van der Waals surface area contributed by atoms with Gasteiger partial charge in [-0.05, 0) is 61.0 Å². The van der Waals surface area contributed by atoms with Crippen molar-refractivity contribution >= 4 is 5.97 Å². The Morgan fingerprint density at radius 1 is 0.738 bits per heavy atom. The molecule has 4 N–H and O–H groups in total. The Labute approximate surface area is 245 Å². The van der Waals surface area contributed by atoms with Crippen LogP contribution in [0.3, 0.4) is 0 Å². The second-order valence-electron chi connectivity index (χ2n) is 11.0. The van der Waals surface area contributed by atoms with Gasteiger partial charge in [-0.2, -0.15) is 0 Å². The van der Waals surface area contributed by atoms with Gasteiger partial charge in [-0.15, -0.1) is 0 Å². The highest BCUT2D eigenvalue weighted by Gasteiger charge is 2.26. The van der Waals surface area contributed by atoms with Gasteiger partial charge in [-0.25, -0.2) is 14.8 Å². The molecule has 0 radical (unpaired) electrons. The number of benzene rings is 3. The molecule has 212 valence electrons. The molecule has 0 saturated carbocycles. The summed E-state index contributed by atoms with van der Waals surface area (Å²) in [6, 6.07) is 26.8. The fourth-order valence-electron chi connectivity index (χ4n) is 5.87. The summed E-state index contributed by atoms with van der Waals surface area (Å²) in [7, 11) is 0. The zero-order valence-corrected chi connectivity index (χ0v) is 23.4. The minimum absolute atomic E-state index is 0.109. The molecule has 0 aliphatic carbocycles. The molecule has 8 heteroatoms. The summed E-state index contributed by atoms with van der Waals surface area (Å²) in [5.74, 6) is 1.38. The summed E-state index contributed by atoms with van der Waals surface area (Å²) in [5, 5.41) is 6.96. The lowest BCUT2D eigenvalue weighted by Crippen LogP contribution is -2.14. The monoisotopic (exact) mass is 558 g/mol. The zero-order chi connectivity index (χ0) is 28.3. The normalized spacial score (nSPS) is 18.4. The van der Waals surface area contributed by atoms with Crippen LogP contribution in [0.25, 0.3) is 33.6 Å². The van der Waals surface area contributed by atoms with Gasteiger partial charge < -0.3 is 25.3 Å². The van der Waals surface area contributed by atoms with Crippen LogP contribution in [0.4, 0.5) is 0 Å². The van der Waals surface area contributed by atoms with Crippen LogP contribution < -0.4 is 10.6 Å². The van der Waals surface area contributed by atoms with Crippen molar-refractivity contribution < 1.29 is 9.53 Å². The lowest BCUT2D eigenvalue weighted by Gasteiger charge is -2.07. The highest BCUT2D eigenvalue weighted by molar-refractivity contribution is 5.94. The molecular formula is C34H34N6O2. The molecule has 3 aromatic carbocycles. The molecule has 8 nitrogen and oxygen atoms in total. The van der Waals surface area contributed by atoms with Gasteiger partial charge in [0.2, 0.25) is 0 Å². The SMILES string of the molecule is O=C(OCc1ccccc1)c1[nH]c([C@@H]2CCCN2)nc1-c1ccc(-c2ccc(-c3cnc([C@@H]4CCCN4)[nH]3)cc2)cc1. The first kappa shape index (κ1) is 26.4. The highest BCUT2D eigenvalue weighted by Crippen LogP contribution is 2.31. The number of ether oxygens (including phenoxy) is 1. The van der Waals surface area contributed by atoms with E-state index in [0.29, 0.717) is 17.4 Å². The lowest BCUT2D eigenvalue weighted by molar-refractivity contribution is 0.0467. The van der Waals surface area contributed by atoms with Crippen LogP contribution in [0.1, 0.15) is 65.5 Å². The molecule has 2 aromatic heterocycles. The second kappa shape index (κ2) is 11.8. The van der Waals surface area contributed by atoms with Crippen LogP contribution in [-0.4, -0.2) is 39.0 Å². The maximum Gasteiger partial charge on any atom is 0.357 e. The maximum absolute atomic E-state index is 13.2. The Morgan fingerprint density at radius 2 is 1.36 bits per heavy atom. The van der Waals surface area contributed by atoms with Crippen molar-refractivity contribution in [3.05, 3.63) is 108 Å². The molecule has 0 unspecified atom stereocenters. The summed E-state index contributed by atoms with van der Waals surface area (Å²) in [6.45, 7) is 2.20. The van der Waals surface area contributed by atoms with Crippen LogP contribution in [0, 0.1) is 0 Å². The van der Waals surface area contributed by atoms with Crippen molar-refractivity contribution in [2.24, 2.45) is 0 Å². The van der Waals surface area contributed by atoms with Gasteiger partial charge in [0, 0.05) is 5.56 Å². The Bertz CT molecular complexity index is 1640. The maximum atomic E-state index is 13.2. The second-order valence-corrected chi connectivity index (χ2v) is 11.0. The zero-order valence-electron chi connectivity index (χ0n) is 23.4. The van der Waals surface area contributed by atoms with E-state index >= 15 is 0 Å². The Kier molecular flexibility index (Phi) is 7.38. The Hall–Kier alpha value is -4.53. The quantitative estimate of drug-likeness (QED) is 0.166. The number of H-pyrrole nitrogens is 2. The summed E-state index contributed by atoms with van der Waals surface area (Å²) in [4.78, 5) is 29.5. The molecule has 2 atom stereocenters. The molecule has 4 heterocycles. The molecule has 7 rings (SSSR count). The summed E-state index contributed by atoms with van der Waals surface area (Å²) >= 11 is 0. The van der Waals surface area contributed by atoms with Gasteiger partial charge in [0.1, 0.15) is 23.9 Å². The van der Waals surface area contributed by atoms with E-state index in [1.165, 1.54) is 6.42 Å². The number of hydrogen-bond donors (Lipinski definition) is 4. The Balaban J connectivity index is 1.10. The number of esters is 1. The van der Waals surface area contributed by atoms with E-state index < -0.39 is 5.97 Å². The largest absolute Gasteiger partial charge is 0.456 e. The first-order valence-corrected chi connectivity index (χ1v) is 14.7. The number of nitrogens with zero attached hydrogens (tertiary/aromatic N) is 2. The van der Waals surface area contributed by atoms with Crippen molar-refractivity contribution in [3.63, 3.8) is 0 Å². The smallest absolute Gasteiger partial charge is 0.357 e. The molecule has 2 aliphatic heterocycles. The van der Waals surface area contributed by atoms with Crippen LogP contribution >= 0.6 is 0 Å². The molecule has 2 fully saturated rings. The summed E-state index contributed by atoms with van der Waals surface area (Å²) < 4.78 is 5.68. The number of carbonyl (C=O) groups is 1. The standard InChI is InChI=1S/C34H34N6O2/c41-34(42-21-22-6-2-1-3-7-22)31-30(39-33(40-31)28-9-5-19-36-28)26-16-12-24(13-17-26)23-10-14-25(15-11-23)29-20-37-32(38-29)27-8-4-18-35-27/h1-3,6-7,10-17,20,27-28,35-36H,4-5,8-9,18-19,21H2,(H,37,38)(H,39,40)/t27-,28-/m0/s1.